The molecule has 0 spiro atoms. The van der Waals surface area contributed by atoms with Crippen LogP contribution >= 0.6 is 11.8 Å². The molecule has 21 heavy (non-hydrogen) atoms. The highest BCUT2D eigenvalue weighted by atomic mass is 32.2. The predicted octanol–water partition coefficient (Wildman–Crippen LogP) is 3.40. The fraction of sp³-hybridized carbons (Fsp3) is 0.188. The molecule has 1 heterocycles. The highest BCUT2D eigenvalue weighted by molar-refractivity contribution is 7.98. The summed E-state index contributed by atoms with van der Waals surface area (Å²) < 4.78 is 16.0. The minimum atomic E-state index is -0.0553. The first-order valence-corrected chi connectivity index (χ1v) is 7.68. The Hall–Kier alpha value is -2.14. The number of carbonyl (C=O) groups excluding carboxylic acids is 1. The van der Waals surface area contributed by atoms with E-state index in [1.54, 1.807) is 30.0 Å². The summed E-state index contributed by atoms with van der Waals surface area (Å²) in [5, 5.41) is 0. The highest BCUT2D eigenvalue weighted by Gasteiger charge is 2.14. The fourth-order valence-electron chi connectivity index (χ4n) is 1.98. The topological polar surface area (TPSA) is 44.8 Å². The van der Waals surface area contributed by atoms with Crippen molar-refractivity contribution in [3.8, 4) is 17.2 Å². The zero-order valence-corrected chi connectivity index (χ0v) is 12.3. The Balaban J connectivity index is 1.62. The number of ether oxygens (including phenoxy) is 3. The van der Waals surface area contributed by atoms with Gasteiger partial charge in [-0.1, -0.05) is 12.1 Å². The van der Waals surface area contributed by atoms with Gasteiger partial charge in [-0.15, -0.1) is 11.8 Å². The van der Waals surface area contributed by atoms with Crippen LogP contribution in [0.15, 0.2) is 47.4 Å². The van der Waals surface area contributed by atoms with E-state index >= 15 is 0 Å². The molecule has 2 aromatic carbocycles. The molecule has 0 radical (unpaired) electrons. The lowest BCUT2D eigenvalue weighted by Crippen LogP contribution is -2.11. The van der Waals surface area contributed by atoms with Gasteiger partial charge in [-0.3, -0.25) is 4.79 Å². The van der Waals surface area contributed by atoms with E-state index in [-0.39, 0.29) is 19.2 Å². The van der Waals surface area contributed by atoms with Crippen molar-refractivity contribution in [2.24, 2.45) is 0 Å². The number of benzene rings is 2. The number of rotatable bonds is 5. The van der Waals surface area contributed by atoms with Gasteiger partial charge < -0.3 is 14.2 Å². The van der Waals surface area contributed by atoms with Gasteiger partial charge in [-0.25, -0.2) is 0 Å². The van der Waals surface area contributed by atoms with Gasteiger partial charge in [0.05, 0.1) is 0 Å². The Morgan fingerprint density at radius 3 is 2.67 bits per heavy atom. The summed E-state index contributed by atoms with van der Waals surface area (Å²) in [5.74, 6) is 1.87. The van der Waals surface area contributed by atoms with E-state index in [1.165, 1.54) is 0 Å². The summed E-state index contributed by atoms with van der Waals surface area (Å²) in [6, 6.07) is 12.8. The standard InChI is InChI=1S/C16H14O4S/c1-21-13-5-2-11(3-6-13)14(17)9-18-12-4-7-15-16(8-12)20-10-19-15/h2-8H,9-10H2,1H3. The van der Waals surface area contributed by atoms with Crippen molar-refractivity contribution >= 4 is 17.5 Å². The van der Waals surface area contributed by atoms with Crippen LogP contribution in [0.1, 0.15) is 10.4 Å². The SMILES string of the molecule is CSc1ccc(C(=O)COc2ccc3c(c2)OCO3)cc1. The number of hydrogen-bond donors (Lipinski definition) is 0. The predicted molar refractivity (Wildman–Crippen MR) is 80.6 cm³/mol. The molecule has 0 fully saturated rings. The van der Waals surface area contributed by atoms with Crippen LogP contribution in [0.2, 0.25) is 0 Å². The molecule has 0 unspecified atom stereocenters. The van der Waals surface area contributed by atoms with Gasteiger partial charge >= 0.3 is 0 Å². The van der Waals surface area contributed by atoms with E-state index in [1.807, 2.05) is 30.5 Å². The van der Waals surface area contributed by atoms with Gasteiger partial charge in [0, 0.05) is 16.5 Å². The van der Waals surface area contributed by atoms with Gasteiger partial charge in [-0.2, -0.15) is 0 Å². The minimum absolute atomic E-state index is 0.00173. The Morgan fingerprint density at radius 2 is 1.90 bits per heavy atom. The molecule has 0 atom stereocenters. The maximum absolute atomic E-state index is 12.1. The average molecular weight is 302 g/mol. The van der Waals surface area contributed by atoms with Crippen molar-refractivity contribution in [2.75, 3.05) is 19.7 Å². The van der Waals surface area contributed by atoms with Crippen LogP contribution in [0.25, 0.3) is 0 Å². The average Bonchev–Trinajstić information content (AvgIpc) is 3.00. The van der Waals surface area contributed by atoms with Crippen LogP contribution in [0.3, 0.4) is 0 Å². The smallest absolute Gasteiger partial charge is 0.231 e. The number of hydrogen-bond acceptors (Lipinski definition) is 5. The van der Waals surface area contributed by atoms with Gasteiger partial charge in [0.2, 0.25) is 6.79 Å². The first kappa shape index (κ1) is 13.8. The summed E-state index contributed by atoms with van der Waals surface area (Å²) in [6.07, 6.45) is 2.00. The molecule has 108 valence electrons. The molecule has 3 rings (SSSR count). The molecule has 0 saturated carbocycles. The molecular weight excluding hydrogens is 288 g/mol. The number of carbonyl (C=O) groups is 1. The lowest BCUT2D eigenvalue weighted by atomic mass is 10.1. The van der Waals surface area contributed by atoms with Gasteiger partial charge in [0.25, 0.3) is 0 Å². The Morgan fingerprint density at radius 1 is 1.14 bits per heavy atom. The summed E-state index contributed by atoms with van der Waals surface area (Å²) in [6.45, 7) is 0.220. The Kier molecular flexibility index (Phi) is 4.01. The second kappa shape index (κ2) is 6.10. The van der Waals surface area contributed by atoms with Crippen molar-refractivity contribution in [1.82, 2.24) is 0 Å². The second-order valence-electron chi connectivity index (χ2n) is 4.46. The molecule has 4 nitrogen and oxygen atoms in total. The maximum atomic E-state index is 12.1. The summed E-state index contributed by atoms with van der Waals surface area (Å²) in [5.41, 5.74) is 0.647. The zero-order chi connectivity index (χ0) is 14.7. The molecule has 5 heteroatoms. The first-order valence-electron chi connectivity index (χ1n) is 6.46. The monoisotopic (exact) mass is 302 g/mol. The number of Topliss-reactive ketones (excluding diaryl/α,β-unsaturated/α-hetero) is 1. The summed E-state index contributed by atoms with van der Waals surface area (Å²) in [7, 11) is 0. The molecule has 0 N–H and O–H groups in total. The summed E-state index contributed by atoms with van der Waals surface area (Å²) >= 11 is 1.64. The van der Waals surface area contributed by atoms with E-state index in [0.29, 0.717) is 22.8 Å². The third-order valence-electron chi connectivity index (χ3n) is 3.13. The molecule has 0 amide bonds. The van der Waals surface area contributed by atoms with Crippen molar-refractivity contribution in [2.45, 2.75) is 4.90 Å². The van der Waals surface area contributed by atoms with Crippen LogP contribution < -0.4 is 14.2 Å². The zero-order valence-electron chi connectivity index (χ0n) is 11.5. The van der Waals surface area contributed by atoms with Gasteiger partial charge in [-0.05, 0) is 30.5 Å². The van der Waals surface area contributed by atoms with Gasteiger partial charge in [0.15, 0.2) is 23.9 Å². The molecule has 1 aliphatic heterocycles. The van der Waals surface area contributed by atoms with E-state index in [0.717, 1.165) is 4.90 Å². The molecule has 1 aliphatic rings. The molecule has 0 aliphatic carbocycles. The Labute approximate surface area is 127 Å². The minimum Gasteiger partial charge on any atom is -0.485 e. The molecule has 0 bridgehead atoms. The quantitative estimate of drug-likeness (QED) is 0.625. The third-order valence-corrected chi connectivity index (χ3v) is 3.87. The van der Waals surface area contributed by atoms with E-state index in [9.17, 15) is 4.79 Å². The number of thioether (sulfide) groups is 1. The fourth-order valence-corrected chi connectivity index (χ4v) is 2.38. The molecule has 0 aromatic heterocycles. The van der Waals surface area contributed by atoms with Crippen LogP contribution in [-0.4, -0.2) is 25.4 Å². The lowest BCUT2D eigenvalue weighted by molar-refractivity contribution is 0.0921. The van der Waals surface area contributed by atoms with Crippen molar-refractivity contribution in [1.29, 1.82) is 0 Å². The lowest BCUT2D eigenvalue weighted by Gasteiger charge is -2.07. The van der Waals surface area contributed by atoms with E-state index in [4.69, 9.17) is 14.2 Å². The van der Waals surface area contributed by atoms with Crippen LogP contribution in [0.5, 0.6) is 17.2 Å². The third kappa shape index (κ3) is 3.13. The van der Waals surface area contributed by atoms with Crippen molar-refractivity contribution in [3.63, 3.8) is 0 Å². The van der Waals surface area contributed by atoms with Crippen molar-refractivity contribution in [3.05, 3.63) is 48.0 Å². The van der Waals surface area contributed by atoms with E-state index in [2.05, 4.69) is 0 Å². The van der Waals surface area contributed by atoms with Crippen LogP contribution in [0, 0.1) is 0 Å². The molecular formula is C16H14O4S. The maximum Gasteiger partial charge on any atom is 0.231 e. The highest BCUT2D eigenvalue weighted by Crippen LogP contribution is 2.35. The second-order valence-corrected chi connectivity index (χ2v) is 5.34. The van der Waals surface area contributed by atoms with Crippen molar-refractivity contribution < 1.29 is 19.0 Å². The Bertz CT molecular complexity index is 652. The van der Waals surface area contributed by atoms with Crippen LogP contribution in [0.4, 0.5) is 0 Å². The number of ketones is 1. The van der Waals surface area contributed by atoms with Crippen LogP contribution in [-0.2, 0) is 0 Å². The summed E-state index contributed by atoms with van der Waals surface area (Å²) in [4.78, 5) is 13.2. The largest absolute Gasteiger partial charge is 0.485 e. The molecule has 0 saturated heterocycles. The van der Waals surface area contributed by atoms with Gasteiger partial charge in [0.1, 0.15) is 5.75 Å². The number of fused-ring (bicyclic) bond motifs is 1. The molecule has 2 aromatic rings. The normalized spacial score (nSPS) is 12.2. The first-order chi connectivity index (χ1) is 10.3. The van der Waals surface area contributed by atoms with E-state index < -0.39 is 0 Å².